The smallest absolute Gasteiger partial charge is 0.166 e. The molecule has 0 fully saturated rings. The second-order valence-electron chi connectivity index (χ2n) is 6.29. The van der Waals surface area contributed by atoms with Crippen LogP contribution in [0.15, 0.2) is 96.1 Å². The van der Waals surface area contributed by atoms with E-state index in [2.05, 4.69) is 69.5 Å². The number of hydrogen-bond acceptors (Lipinski definition) is 4. The third-order valence-electron chi connectivity index (χ3n) is 4.56. The SMILES string of the molecule is c1ccc(-c2ccc3cc(-c4ncnc(-c5ccoc5)n4)ccc3c2)cc1. The van der Waals surface area contributed by atoms with Crippen molar-refractivity contribution in [3.63, 3.8) is 0 Å². The number of aromatic nitrogens is 3. The van der Waals surface area contributed by atoms with E-state index in [9.17, 15) is 0 Å². The van der Waals surface area contributed by atoms with Crippen LogP contribution in [0.3, 0.4) is 0 Å². The zero-order valence-corrected chi connectivity index (χ0v) is 14.4. The van der Waals surface area contributed by atoms with Gasteiger partial charge in [-0.2, -0.15) is 0 Å². The molecule has 5 rings (SSSR count). The van der Waals surface area contributed by atoms with Gasteiger partial charge in [0.15, 0.2) is 11.6 Å². The van der Waals surface area contributed by atoms with E-state index in [1.807, 2.05) is 18.2 Å². The molecule has 0 spiro atoms. The molecule has 4 heteroatoms. The lowest BCUT2D eigenvalue weighted by atomic mass is 10.00. The van der Waals surface area contributed by atoms with Crippen LogP contribution >= 0.6 is 0 Å². The molecule has 0 saturated heterocycles. The van der Waals surface area contributed by atoms with Crippen LogP contribution in [0, 0.1) is 0 Å². The second-order valence-corrected chi connectivity index (χ2v) is 6.29. The van der Waals surface area contributed by atoms with Crippen molar-refractivity contribution < 1.29 is 4.42 Å². The van der Waals surface area contributed by atoms with Crippen molar-refractivity contribution in [3.8, 4) is 33.9 Å². The second kappa shape index (κ2) is 6.50. The van der Waals surface area contributed by atoms with E-state index < -0.39 is 0 Å². The number of benzene rings is 3. The largest absolute Gasteiger partial charge is 0.472 e. The van der Waals surface area contributed by atoms with Crippen LogP contribution < -0.4 is 0 Å². The molecule has 0 aliphatic heterocycles. The monoisotopic (exact) mass is 349 g/mol. The fourth-order valence-electron chi connectivity index (χ4n) is 3.16. The Morgan fingerprint density at radius 3 is 2.04 bits per heavy atom. The van der Waals surface area contributed by atoms with Crippen LogP contribution in [0.2, 0.25) is 0 Å². The average molecular weight is 349 g/mol. The third kappa shape index (κ3) is 2.98. The Kier molecular flexibility index (Phi) is 3.72. The summed E-state index contributed by atoms with van der Waals surface area (Å²) >= 11 is 0. The highest BCUT2D eigenvalue weighted by molar-refractivity contribution is 5.90. The fraction of sp³-hybridized carbons (Fsp3) is 0. The number of fused-ring (bicyclic) bond motifs is 1. The summed E-state index contributed by atoms with van der Waals surface area (Å²) in [6, 6.07) is 25.0. The molecule has 4 nitrogen and oxygen atoms in total. The van der Waals surface area contributed by atoms with Gasteiger partial charge in [0.25, 0.3) is 0 Å². The number of furan rings is 1. The highest BCUT2D eigenvalue weighted by Crippen LogP contribution is 2.27. The van der Waals surface area contributed by atoms with Gasteiger partial charge in [0.05, 0.1) is 11.8 Å². The van der Waals surface area contributed by atoms with Crippen molar-refractivity contribution in [1.29, 1.82) is 0 Å². The summed E-state index contributed by atoms with van der Waals surface area (Å²) in [4.78, 5) is 13.1. The summed E-state index contributed by atoms with van der Waals surface area (Å²) < 4.78 is 5.12. The van der Waals surface area contributed by atoms with Gasteiger partial charge in [-0.1, -0.05) is 54.6 Å². The fourth-order valence-corrected chi connectivity index (χ4v) is 3.16. The summed E-state index contributed by atoms with van der Waals surface area (Å²) in [5.74, 6) is 1.25. The van der Waals surface area contributed by atoms with E-state index >= 15 is 0 Å². The Labute approximate surface area is 156 Å². The molecule has 0 aliphatic carbocycles. The minimum atomic E-state index is 0.605. The molecule has 0 amide bonds. The summed E-state index contributed by atoms with van der Waals surface area (Å²) in [6.07, 6.45) is 4.77. The van der Waals surface area contributed by atoms with E-state index in [1.54, 1.807) is 12.5 Å². The van der Waals surface area contributed by atoms with Gasteiger partial charge in [-0.3, -0.25) is 0 Å². The molecular formula is C23H15N3O. The normalized spacial score (nSPS) is 11.0. The quantitative estimate of drug-likeness (QED) is 0.424. The van der Waals surface area contributed by atoms with Crippen molar-refractivity contribution in [3.05, 3.63) is 91.7 Å². The van der Waals surface area contributed by atoms with Gasteiger partial charge in [0.1, 0.15) is 12.6 Å². The standard InChI is InChI=1S/C23H15N3O/c1-2-4-16(5-3-1)17-6-7-19-13-20(9-8-18(19)12-17)22-24-15-25-23(26-22)21-10-11-27-14-21/h1-15H. The Morgan fingerprint density at radius 2 is 1.30 bits per heavy atom. The first kappa shape index (κ1) is 15.5. The molecule has 0 aliphatic rings. The van der Waals surface area contributed by atoms with Crippen LogP contribution in [0.1, 0.15) is 0 Å². The van der Waals surface area contributed by atoms with Crippen LogP contribution in [0.5, 0.6) is 0 Å². The molecule has 0 N–H and O–H groups in total. The van der Waals surface area contributed by atoms with Crippen LogP contribution in [0.4, 0.5) is 0 Å². The van der Waals surface area contributed by atoms with Crippen molar-refractivity contribution in [1.82, 2.24) is 15.0 Å². The van der Waals surface area contributed by atoms with E-state index in [4.69, 9.17) is 4.42 Å². The summed E-state index contributed by atoms with van der Waals surface area (Å²) in [7, 11) is 0. The maximum absolute atomic E-state index is 5.12. The Hall–Kier alpha value is -3.79. The number of rotatable bonds is 3. The van der Waals surface area contributed by atoms with Gasteiger partial charge in [0, 0.05) is 5.56 Å². The molecule has 0 atom stereocenters. The van der Waals surface area contributed by atoms with Crippen molar-refractivity contribution in [2.45, 2.75) is 0 Å². The topological polar surface area (TPSA) is 51.8 Å². The number of nitrogens with zero attached hydrogens (tertiary/aromatic N) is 3. The highest BCUT2D eigenvalue weighted by Gasteiger charge is 2.08. The maximum atomic E-state index is 5.12. The summed E-state index contributed by atoms with van der Waals surface area (Å²) in [5, 5.41) is 2.33. The van der Waals surface area contributed by atoms with Gasteiger partial charge >= 0.3 is 0 Å². The van der Waals surface area contributed by atoms with Gasteiger partial charge < -0.3 is 4.42 Å². The van der Waals surface area contributed by atoms with E-state index in [0.717, 1.165) is 16.5 Å². The lowest BCUT2D eigenvalue weighted by Crippen LogP contribution is -1.94. The third-order valence-corrected chi connectivity index (χ3v) is 4.56. The molecule has 3 aromatic carbocycles. The predicted molar refractivity (Wildman–Crippen MR) is 106 cm³/mol. The molecule has 0 unspecified atom stereocenters. The molecule has 0 bridgehead atoms. The van der Waals surface area contributed by atoms with Gasteiger partial charge in [0.2, 0.25) is 0 Å². The summed E-state index contributed by atoms with van der Waals surface area (Å²) in [5.41, 5.74) is 4.22. The molecule has 5 aromatic rings. The molecule has 128 valence electrons. The predicted octanol–water partition coefficient (Wildman–Crippen LogP) is 5.62. The minimum Gasteiger partial charge on any atom is -0.472 e. The first-order chi connectivity index (χ1) is 13.4. The average Bonchev–Trinajstić information content (AvgIpc) is 3.29. The molecular weight excluding hydrogens is 334 g/mol. The molecule has 2 heterocycles. The van der Waals surface area contributed by atoms with Crippen LogP contribution in [-0.2, 0) is 0 Å². The molecule has 0 radical (unpaired) electrons. The first-order valence-electron chi connectivity index (χ1n) is 8.68. The van der Waals surface area contributed by atoms with Crippen molar-refractivity contribution in [2.24, 2.45) is 0 Å². The molecule has 0 saturated carbocycles. The highest BCUT2D eigenvalue weighted by atomic mass is 16.3. The van der Waals surface area contributed by atoms with Gasteiger partial charge in [-0.25, -0.2) is 15.0 Å². The Balaban J connectivity index is 1.55. The van der Waals surface area contributed by atoms with Crippen molar-refractivity contribution in [2.75, 3.05) is 0 Å². The maximum Gasteiger partial charge on any atom is 0.166 e. The lowest BCUT2D eigenvalue weighted by Gasteiger charge is -2.07. The van der Waals surface area contributed by atoms with Crippen molar-refractivity contribution >= 4 is 10.8 Å². The molecule has 27 heavy (non-hydrogen) atoms. The lowest BCUT2D eigenvalue weighted by molar-refractivity contribution is 0.568. The van der Waals surface area contributed by atoms with Crippen LogP contribution in [-0.4, -0.2) is 15.0 Å². The van der Waals surface area contributed by atoms with E-state index in [-0.39, 0.29) is 0 Å². The Bertz CT molecular complexity index is 1220. The van der Waals surface area contributed by atoms with E-state index in [0.29, 0.717) is 11.6 Å². The first-order valence-corrected chi connectivity index (χ1v) is 8.68. The molecule has 2 aromatic heterocycles. The van der Waals surface area contributed by atoms with Crippen LogP contribution in [0.25, 0.3) is 44.7 Å². The zero-order valence-electron chi connectivity index (χ0n) is 14.4. The van der Waals surface area contributed by atoms with Gasteiger partial charge in [-0.15, -0.1) is 0 Å². The minimum absolute atomic E-state index is 0.605. The summed E-state index contributed by atoms with van der Waals surface area (Å²) in [6.45, 7) is 0. The zero-order chi connectivity index (χ0) is 18.1. The van der Waals surface area contributed by atoms with E-state index in [1.165, 1.54) is 22.8 Å². The number of hydrogen-bond donors (Lipinski definition) is 0. The Morgan fingerprint density at radius 1 is 0.593 bits per heavy atom. The van der Waals surface area contributed by atoms with Gasteiger partial charge in [-0.05, 0) is 40.1 Å².